The largest absolute Gasteiger partial charge is 0.378 e. The maximum atomic E-state index is 13.8. The first-order valence-electron chi connectivity index (χ1n) is 14.9. The van der Waals surface area contributed by atoms with Crippen molar-refractivity contribution in [1.82, 2.24) is 26.2 Å². The lowest BCUT2D eigenvalue weighted by Gasteiger charge is -2.36. The molecule has 2 rings (SSSR count). The van der Waals surface area contributed by atoms with Crippen LogP contribution in [0.2, 0.25) is 0 Å². The minimum absolute atomic E-state index is 0.112. The fourth-order valence-electron chi connectivity index (χ4n) is 4.89. The quantitative estimate of drug-likeness (QED) is 0.151. The van der Waals surface area contributed by atoms with Crippen LogP contribution in [-0.2, 0) is 19.2 Å². The lowest BCUT2D eigenvalue weighted by atomic mass is 9.85. The Bertz CT molecular complexity index is 1240. The number of anilines is 1. The summed E-state index contributed by atoms with van der Waals surface area (Å²) in [5.74, 6) is -3.16. The number of nitrogens with zero attached hydrogens (tertiary/aromatic N) is 2. The molecule has 1 aliphatic rings. The molecule has 1 aromatic carbocycles. The number of likely N-dealkylation sites (tertiary alicyclic amines) is 1. The van der Waals surface area contributed by atoms with Gasteiger partial charge in [-0.25, -0.2) is 4.79 Å². The predicted octanol–water partition coefficient (Wildman–Crippen LogP) is 2.04. The number of hydrogen-bond donors (Lipinski definition) is 4. The minimum atomic E-state index is -1.10. The Morgan fingerprint density at radius 1 is 1.00 bits per heavy atom. The van der Waals surface area contributed by atoms with Crippen molar-refractivity contribution in [1.29, 1.82) is 0 Å². The summed E-state index contributed by atoms with van der Waals surface area (Å²) in [6, 6.07) is 2.57. The lowest BCUT2D eigenvalue weighted by Crippen LogP contribution is -2.61. The third-order valence-electron chi connectivity index (χ3n) is 7.51. The summed E-state index contributed by atoms with van der Waals surface area (Å²) in [7, 11) is 3.80. The topological polar surface area (TPSA) is 157 Å². The van der Waals surface area contributed by atoms with Gasteiger partial charge in [-0.05, 0) is 55.4 Å². The molecular weight excluding hydrogens is 564 g/mol. The molecule has 3 unspecified atom stereocenters. The molecule has 0 spiro atoms. The Hall–Kier alpha value is -4.22. The number of carbonyl (C=O) groups is 6. The molecule has 4 N–H and O–H groups in total. The van der Waals surface area contributed by atoms with Gasteiger partial charge in [0.25, 0.3) is 5.91 Å². The van der Waals surface area contributed by atoms with Crippen LogP contribution in [0.5, 0.6) is 0 Å². The van der Waals surface area contributed by atoms with Crippen LogP contribution in [0.25, 0.3) is 0 Å². The average molecular weight is 613 g/mol. The van der Waals surface area contributed by atoms with Crippen LogP contribution in [0.1, 0.15) is 64.7 Å². The lowest BCUT2D eigenvalue weighted by molar-refractivity contribution is -0.143. The average Bonchev–Trinajstić information content (AvgIpc) is 3.46. The summed E-state index contributed by atoms with van der Waals surface area (Å²) >= 11 is 0. The van der Waals surface area contributed by atoms with E-state index < -0.39 is 59.1 Å². The number of benzene rings is 1. The van der Waals surface area contributed by atoms with Gasteiger partial charge < -0.3 is 31.1 Å². The first-order chi connectivity index (χ1) is 20.5. The summed E-state index contributed by atoms with van der Waals surface area (Å²) < 4.78 is 0. The fraction of sp³-hybridized carbons (Fsp3) is 0.562. The van der Waals surface area contributed by atoms with Gasteiger partial charge in [-0.15, -0.1) is 6.58 Å². The van der Waals surface area contributed by atoms with Gasteiger partial charge in [0.15, 0.2) is 5.78 Å². The highest BCUT2D eigenvalue weighted by Gasteiger charge is 2.43. The van der Waals surface area contributed by atoms with Crippen LogP contribution >= 0.6 is 0 Å². The molecule has 1 aromatic rings. The van der Waals surface area contributed by atoms with Crippen LogP contribution < -0.4 is 26.2 Å². The molecule has 0 aromatic heterocycles. The number of amides is 5. The number of carbonyl (C=O) groups excluding carboxylic acids is 6. The van der Waals surface area contributed by atoms with Crippen LogP contribution in [0.15, 0.2) is 36.9 Å². The summed E-state index contributed by atoms with van der Waals surface area (Å²) in [5.41, 5.74) is 0.642. The number of nitrogens with one attached hydrogen (secondary N) is 4. The van der Waals surface area contributed by atoms with Gasteiger partial charge >= 0.3 is 6.03 Å². The second kappa shape index (κ2) is 15.5. The number of Topliss-reactive ketones (excluding diaryl/α,β-unsaturated/α-hetero) is 2. The summed E-state index contributed by atoms with van der Waals surface area (Å²) in [5, 5.41) is 10.4. The Morgan fingerprint density at radius 3 is 2.14 bits per heavy atom. The van der Waals surface area contributed by atoms with Gasteiger partial charge in [0, 0.05) is 38.4 Å². The van der Waals surface area contributed by atoms with Crippen LogP contribution in [0.4, 0.5) is 10.5 Å². The molecule has 0 bridgehead atoms. The van der Waals surface area contributed by atoms with E-state index in [1.54, 1.807) is 32.9 Å². The number of urea groups is 1. The van der Waals surface area contributed by atoms with Crippen LogP contribution in [0, 0.1) is 11.3 Å². The van der Waals surface area contributed by atoms with E-state index in [1.807, 2.05) is 45.0 Å². The Labute approximate surface area is 260 Å². The predicted molar refractivity (Wildman–Crippen MR) is 169 cm³/mol. The first-order valence-corrected chi connectivity index (χ1v) is 14.9. The third-order valence-corrected chi connectivity index (χ3v) is 7.51. The van der Waals surface area contributed by atoms with Crippen LogP contribution in [0.3, 0.4) is 0 Å². The second-order valence-electron chi connectivity index (χ2n) is 12.7. The van der Waals surface area contributed by atoms with Gasteiger partial charge in [0.05, 0.1) is 12.1 Å². The normalized spacial score (nSPS) is 16.8. The molecule has 1 saturated heterocycles. The van der Waals surface area contributed by atoms with Gasteiger partial charge in [-0.3, -0.25) is 24.0 Å². The Kier molecular flexibility index (Phi) is 12.7. The van der Waals surface area contributed by atoms with E-state index in [-0.39, 0.29) is 24.8 Å². The van der Waals surface area contributed by atoms with E-state index >= 15 is 0 Å². The smallest absolute Gasteiger partial charge is 0.316 e. The van der Waals surface area contributed by atoms with Crippen molar-refractivity contribution in [2.75, 3.05) is 32.1 Å². The molecule has 0 aliphatic carbocycles. The number of rotatable bonds is 13. The second-order valence-corrected chi connectivity index (χ2v) is 12.7. The van der Waals surface area contributed by atoms with Crippen molar-refractivity contribution in [2.45, 2.75) is 78.6 Å². The van der Waals surface area contributed by atoms with Crippen molar-refractivity contribution >= 4 is 41.0 Å². The maximum Gasteiger partial charge on any atom is 0.316 e. The van der Waals surface area contributed by atoms with E-state index in [0.717, 1.165) is 5.69 Å². The van der Waals surface area contributed by atoms with Gasteiger partial charge in [0.1, 0.15) is 12.1 Å². The highest BCUT2D eigenvalue weighted by molar-refractivity contribution is 6.38. The zero-order valence-corrected chi connectivity index (χ0v) is 27.2. The molecule has 1 heterocycles. The monoisotopic (exact) mass is 612 g/mol. The van der Waals surface area contributed by atoms with E-state index in [2.05, 4.69) is 27.8 Å². The van der Waals surface area contributed by atoms with Gasteiger partial charge in [0.2, 0.25) is 17.6 Å². The zero-order chi connectivity index (χ0) is 33.4. The Morgan fingerprint density at radius 2 is 1.61 bits per heavy atom. The zero-order valence-electron chi connectivity index (χ0n) is 27.2. The van der Waals surface area contributed by atoms with Crippen molar-refractivity contribution < 1.29 is 28.8 Å². The van der Waals surface area contributed by atoms with Crippen molar-refractivity contribution in [3.8, 4) is 0 Å². The highest BCUT2D eigenvalue weighted by Crippen LogP contribution is 2.26. The van der Waals surface area contributed by atoms with Crippen molar-refractivity contribution in [2.24, 2.45) is 11.3 Å². The van der Waals surface area contributed by atoms with E-state index in [9.17, 15) is 28.8 Å². The maximum absolute atomic E-state index is 13.8. The van der Waals surface area contributed by atoms with E-state index in [0.29, 0.717) is 18.4 Å². The molecule has 12 nitrogen and oxygen atoms in total. The van der Waals surface area contributed by atoms with E-state index in [1.165, 1.54) is 17.9 Å². The van der Waals surface area contributed by atoms with E-state index in [4.69, 9.17) is 0 Å². The highest BCUT2D eigenvalue weighted by atomic mass is 16.2. The molecule has 0 radical (unpaired) electrons. The molecule has 242 valence electrons. The molecule has 5 amide bonds. The minimum Gasteiger partial charge on any atom is -0.378 e. The van der Waals surface area contributed by atoms with Crippen LogP contribution in [-0.4, -0.2) is 91.6 Å². The molecule has 12 heteroatoms. The number of ketones is 2. The fourth-order valence-corrected chi connectivity index (χ4v) is 4.89. The van der Waals surface area contributed by atoms with Gasteiger partial charge in [-0.1, -0.05) is 40.7 Å². The molecule has 1 fully saturated rings. The molecule has 0 saturated carbocycles. The summed E-state index contributed by atoms with van der Waals surface area (Å²) in [6.45, 7) is 14.3. The third kappa shape index (κ3) is 9.39. The summed E-state index contributed by atoms with van der Waals surface area (Å²) in [4.78, 5) is 81.3. The molecule has 44 heavy (non-hydrogen) atoms. The number of hydrogen-bond acceptors (Lipinski definition) is 7. The SMILES string of the molecule is C=CCNC(=O)C(=O)C(C)NC(=O)[C@@H]1CCCN1C(=O)C(NC(=O)NC(C(=O)c1ccc(N(C)C)cc1)C(C)C)C(C)(C)C. The van der Waals surface area contributed by atoms with Crippen molar-refractivity contribution in [3.63, 3.8) is 0 Å². The molecule has 4 atom stereocenters. The first kappa shape index (κ1) is 36.0. The Balaban J connectivity index is 2.16. The van der Waals surface area contributed by atoms with Crippen molar-refractivity contribution in [3.05, 3.63) is 42.5 Å². The van der Waals surface area contributed by atoms with Gasteiger partial charge in [-0.2, -0.15) is 0 Å². The standard InChI is InChI=1S/C32H48N6O6/c1-10-17-33-29(42)25(39)20(4)34-28(41)23-12-11-18-38(23)30(43)27(32(5,6)7)36-31(44)35-24(19(2)3)26(40)21-13-15-22(16-14-21)37(8)9/h10,13-16,19-20,23-24,27H,1,11-12,17-18H2,2-9H3,(H,33,42)(H,34,41)(H2,35,36,44)/t20?,23-,24?,27?/m0/s1. The summed E-state index contributed by atoms with van der Waals surface area (Å²) in [6.07, 6.45) is 2.34. The molecular formula is C32H48N6O6. The molecule has 1 aliphatic heterocycles.